The molecule has 0 aliphatic rings. The summed E-state index contributed by atoms with van der Waals surface area (Å²) in [6.45, 7) is 2.60. The second-order valence-electron chi connectivity index (χ2n) is 8.61. The maximum Gasteiger partial charge on any atom is 0.305 e. The SMILES string of the molecule is CC(c1ccccc1)N(Cc1ccccc1)C(CC(=O)O)c1cccc(-c2ccc(F)cc2F)c1. The number of nitrogens with zero attached hydrogens (tertiary/aromatic N) is 1. The summed E-state index contributed by atoms with van der Waals surface area (Å²) in [7, 11) is 0. The molecule has 2 atom stereocenters. The molecule has 0 radical (unpaired) electrons. The Morgan fingerprint density at radius 2 is 1.49 bits per heavy atom. The van der Waals surface area contributed by atoms with E-state index < -0.39 is 23.6 Å². The first-order valence-corrected chi connectivity index (χ1v) is 11.5. The number of hydrogen-bond acceptors (Lipinski definition) is 2. The van der Waals surface area contributed by atoms with Crippen LogP contribution in [0.1, 0.15) is 42.1 Å². The fourth-order valence-electron chi connectivity index (χ4n) is 4.46. The van der Waals surface area contributed by atoms with E-state index in [2.05, 4.69) is 11.8 Å². The molecule has 5 heteroatoms. The highest BCUT2D eigenvalue weighted by Crippen LogP contribution is 2.36. The molecular formula is C30H27F2NO2. The van der Waals surface area contributed by atoms with Gasteiger partial charge in [0.05, 0.1) is 6.42 Å². The van der Waals surface area contributed by atoms with Crippen LogP contribution in [0.5, 0.6) is 0 Å². The molecule has 0 bridgehead atoms. The first-order valence-electron chi connectivity index (χ1n) is 11.5. The number of hydrogen-bond donors (Lipinski definition) is 1. The fourth-order valence-corrected chi connectivity index (χ4v) is 4.46. The van der Waals surface area contributed by atoms with Gasteiger partial charge in [0.2, 0.25) is 0 Å². The minimum Gasteiger partial charge on any atom is -0.481 e. The number of halogens is 2. The van der Waals surface area contributed by atoms with E-state index in [4.69, 9.17) is 0 Å². The van der Waals surface area contributed by atoms with Gasteiger partial charge in [0.25, 0.3) is 0 Å². The smallest absolute Gasteiger partial charge is 0.305 e. The number of aliphatic carboxylic acids is 1. The fraction of sp³-hybridized carbons (Fsp3) is 0.167. The molecule has 2 unspecified atom stereocenters. The molecule has 0 amide bonds. The molecule has 0 aromatic heterocycles. The molecule has 3 nitrogen and oxygen atoms in total. The molecule has 4 rings (SSSR count). The molecular weight excluding hydrogens is 444 g/mol. The largest absolute Gasteiger partial charge is 0.481 e. The first kappa shape index (κ1) is 24.3. The second kappa shape index (κ2) is 11.1. The summed E-state index contributed by atoms with van der Waals surface area (Å²) in [5, 5.41) is 9.85. The summed E-state index contributed by atoms with van der Waals surface area (Å²) < 4.78 is 28.0. The normalized spacial score (nSPS) is 12.9. The van der Waals surface area contributed by atoms with Gasteiger partial charge in [-0.3, -0.25) is 9.69 Å². The molecule has 0 fully saturated rings. The van der Waals surface area contributed by atoms with E-state index in [0.717, 1.165) is 22.8 Å². The van der Waals surface area contributed by atoms with E-state index in [9.17, 15) is 18.7 Å². The van der Waals surface area contributed by atoms with Crippen LogP contribution in [0.3, 0.4) is 0 Å². The van der Waals surface area contributed by atoms with E-state index in [1.54, 1.807) is 18.2 Å². The minimum atomic E-state index is -0.924. The second-order valence-corrected chi connectivity index (χ2v) is 8.61. The lowest BCUT2D eigenvalue weighted by Gasteiger charge is -2.37. The van der Waals surface area contributed by atoms with Crippen molar-refractivity contribution in [3.8, 4) is 11.1 Å². The van der Waals surface area contributed by atoms with Crippen LogP contribution in [0.4, 0.5) is 8.78 Å². The number of carboxylic acids is 1. The molecule has 0 saturated heterocycles. The van der Waals surface area contributed by atoms with Crippen LogP contribution < -0.4 is 0 Å². The van der Waals surface area contributed by atoms with Gasteiger partial charge in [-0.2, -0.15) is 0 Å². The lowest BCUT2D eigenvalue weighted by molar-refractivity contribution is -0.138. The highest BCUT2D eigenvalue weighted by molar-refractivity contribution is 5.69. The highest BCUT2D eigenvalue weighted by Gasteiger charge is 2.28. The van der Waals surface area contributed by atoms with Crippen molar-refractivity contribution >= 4 is 5.97 Å². The van der Waals surface area contributed by atoms with Gasteiger partial charge in [-0.15, -0.1) is 0 Å². The Labute approximate surface area is 204 Å². The van der Waals surface area contributed by atoms with E-state index in [1.165, 1.54) is 12.1 Å². The molecule has 0 saturated carbocycles. The van der Waals surface area contributed by atoms with Crippen LogP contribution in [0, 0.1) is 11.6 Å². The Morgan fingerprint density at radius 1 is 0.829 bits per heavy atom. The summed E-state index contributed by atoms with van der Waals surface area (Å²) >= 11 is 0. The van der Waals surface area contributed by atoms with Crippen LogP contribution >= 0.6 is 0 Å². The van der Waals surface area contributed by atoms with Gasteiger partial charge in [-0.05, 0) is 47.4 Å². The van der Waals surface area contributed by atoms with Crippen LogP contribution in [0.15, 0.2) is 103 Å². The molecule has 35 heavy (non-hydrogen) atoms. The Kier molecular flexibility index (Phi) is 7.68. The molecule has 0 spiro atoms. The van der Waals surface area contributed by atoms with Gasteiger partial charge in [-0.25, -0.2) is 8.78 Å². The van der Waals surface area contributed by atoms with Gasteiger partial charge in [0.1, 0.15) is 11.6 Å². The zero-order chi connectivity index (χ0) is 24.8. The van der Waals surface area contributed by atoms with Crippen LogP contribution in [-0.4, -0.2) is 16.0 Å². The minimum absolute atomic E-state index is 0.0908. The average molecular weight is 472 g/mol. The summed E-state index contributed by atoms with van der Waals surface area (Å²) in [6, 6.07) is 30.0. The van der Waals surface area contributed by atoms with E-state index in [-0.39, 0.29) is 18.0 Å². The molecule has 178 valence electrons. The van der Waals surface area contributed by atoms with Crippen LogP contribution in [-0.2, 0) is 11.3 Å². The number of benzene rings is 4. The van der Waals surface area contributed by atoms with Gasteiger partial charge < -0.3 is 5.11 Å². The van der Waals surface area contributed by atoms with E-state index >= 15 is 0 Å². The van der Waals surface area contributed by atoms with Crippen molar-refractivity contribution in [3.05, 3.63) is 131 Å². The van der Waals surface area contributed by atoms with Crippen molar-refractivity contribution in [2.75, 3.05) is 0 Å². The van der Waals surface area contributed by atoms with E-state index in [1.807, 2.05) is 66.7 Å². The molecule has 1 N–H and O–H groups in total. The van der Waals surface area contributed by atoms with Gasteiger partial charge in [0, 0.05) is 30.3 Å². The Bertz CT molecular complexity index is 1280. The van der Waals surface area contributed by atoms with Gasteiger partial charge in [-0.1, -0.05) is 78.9 Å². The van der Waals surface area contributed by atoms with Gasteiger partial charge in [0.15, 0.2) is 0 Å². The Morgan fingerprint density at radius 3 is 2.14 bits per heavy atom. The van der Waals surface area contributed by atoms with Crippen molar-refractivity contribution in [2.45, 2.75) is 32.0 Å². The third kappa shape index (κ3) is 6.00. The maximum absolute atomic E-state index is 14.5. The molecule has 0 aliphatic carbocycles. The van der Waals surface area contributed by atoms with E-state index in [0.29, 0.717) is 12.1 Å². The van der Waals surface area contributed by atoms with Gasteiger partial charge >= 0.3 is 5.97 Å². The quantitative estimate of drug-likeness (QED) is 0.276. The third-order valence-electron chi connectivity index (χ3n) is 6.27. The lowest BCUT2D eigenvalue weighted by Crippen LogP contribution is -2.32. The summed E-state index contributed by atoms with van der Waals surface area (Å²) in [4.78, 5) is 14.2. The summed E-state index contributed by atoms with van der Waals surface area (Å²) in [5.41, 5.74) is 3.73. The molecule has 4 aromatic rings. The predicted molar refractivity (Wildman–Crippen MR) is 134 cm³/mol. The van der Waals surface area contributed by atoms with Crippen molar-refractivity contribution in [1.29, 1.82) is 0 Å². The lowest BCUT2D eigenvalue weighted by atomic mass is 9.94. The molecule has 0 aliphatic heterocycles. The summed E-state index contributed by atoms with van der Waals surface area (Å²) in [5.74, 6) is -2.22. The van der Waals surface area contributed by atoms with Crippen molar-refractivity contribution in [3.63, 3.8) is 0 Å². The zero-order valence-corrected chi connectivity index (χ0v) is 19.4. The number of carbonyl (C=O) groups is 1. The topological polar surface area (TPSA) is 40.5 Å². The number of rotatable bonds is 9. The van der Waals surface area contributed by atoms with Crippen molar-refractivity contribution in [1.82, 2.24) is 4.90 Å². The Balaban J connectivity index is 1.79. The van der Waals surface area contributed by atoms with Crippen LogP contribution in [0.25, 0.3) is 11.1 Å². The third-order valence-corrected chi connectivity index (χ3v) is 6.27. The highest BCUT2D eigenvalue weighted by atomic mass is 19.1. The first-order chi connectivity index (χ1) is 16.9. The number of carboxylic acid groups (broad SMARTS) is 1. The summed E-state index contributed by atoms with van der Waals surface area (Å²) in [6.07, 6.45) is -0.126. The maximum atomic E-state index is 14.5. The standard InChI is InChI=1S/C30H27F2NO2/c1-21(23-11-6-3-7-12-23)33(20-22-9-4-2-5-10-22)29(19-30(34)35)25-14-8-13-24(17-25)27-16-15-26(31)18-28(27)32/h2-18,21,29H,19-20H2,1H3,(H,34,35). The Hall–Kier alpha value is -3.83. The van der Waals surface area contributed by atoms with Crippen LogP contribution in [0.2, 0.25) is 0 Å². The molecule has 0 heterocycles. The average Bonchev–Trinajstić information content (AvgIpc) is 2.87. The molecule has 4 aromatic carbocycles. The monoisotopic (exact) mass is 471 g/mol. The van der Waals surface area contributed by atoms with Crippen molar-refractivity contribution in [2.24, 2.45) is 0 Å². The zero-order valence-electron chi connectivity index (χ0n) is 19.4. The van der Waals surface area contributed by atoms with Crippen molar-refractivity contribution < 1.29 is 18.7 Å². The predicted octanol–water partition coefficient (Wildman–Crippen LogP) is 7.41.